The summed E-state index contributed by atoms with van der Waals surface area (Å²) in [5.74, 6) is -0.619. The molecule has 20 heavy (non-hydrogen) atoms. The minimum Gasteiger partial charge on any atom is -0.481 e. The zero-order chi connectivity index (χ0) is 15.1. The van der Waals surface area contributed by atoms with Crippen LogP contribution in [0.4, 0.5) is 0 Å². The van der Waals surface area contributed by atoms with E-state index in [-0.39, 0.29) is 11.8 Å². The molecule has 3 atom stereocenters. The van der Waals surface area contributed by atoms with E-state index in [1.165, 1.54) is 6.42 Å². The van der Waals surface area contributed by atoms with Crippen LogP contribution in [-0.4, -0.2) is 23.5 Å². The number of nitrogens with one attached hydrogen (secondary N) is 1. The molecule has 0 heterocycles. The Morgan fingerprint density at radius 2 is 1.85 bits per heavy atom. The molecule has 1 fully saturated rings. The molecule has 0 spiro atoms. The van der Waals surface area contributed by atoms with Gasteiger partial charge in [-0.25, -0.2) is 0 Å². The molecule has 116 valence electrons. The average molecular weight is 283 g/mol. The smallest absolute Gasteiger partial charge is 0.307 e. The molecule has 2 N–H and O–H groups in total. The van der Waals surface area contributed by atoms with Gasteiger partial charge < -0.3 is 10.4 Å². The van der Waals surface area contributed by atoms with E-state index in [2.05, 4.69) is 26.1 Å². The number of carbonyl (C=O) groups excluding carboxylic acids is 1. The fourth-order valence-corrected chi connectivity index (χ4v) is 3.06. The highest BCUT2D eigenvalue weighted by Crippen LogP contribution is 2.38. The Balaban J connectivity index is 2.35. The molecule has 4 heteroatoms. The van der Waals surface area contributed by atoms with Crippen molar-refractivity contribution in [2.75, 3.05) is 6.54 Å². The van der Waals surface area contributed by atoms with Gasteiger partial charge in [-0.05, 0) is 31.1 Å². The van der Waals surface area contributed by atoms with Gasteiger partial charge in [0.15, 0.2) is 0 Å². The number of unbranched alkanes of at least 4 members (excludes halogenated alkanes) is 1. The molecule has 1 rings (SSSR count). The minimum atomic E-state index is -0.819. The second-order valence-electron chi connectivity index (χ2n) is 6.48. The van der Waals surface area contributed by atoms with Crippen molar-refractivity contribution in [2.24, 2.45) is 23.7 Å². The Morgan fingerprint density at radius 3 is 2.40 bits per heavy atom. The molecule has 1 aliphatic carbocycles. The van der Waals surface area contributed by atoms with Gasteiger partial charge in [0, 0.05) is 6.54 Å². The van der Waals surface area contributed by atoms with Crippen LogP contribution in [0.15, 0.2) is 0 Å². The third kappa shape index (κ3) is 5.14. The van der Waals surface area contributed by atoms with Gasteiger partial charge in [0.25, 0.3) is 0 Å². The van der Waals surface area contributed by atoms with E-state index in [9.17, 15) is 14.7 Å². The number of carboxylic acids is 1. The third-order valence-electron chi connectivity index (χ3n) is 4.40. The maximum atomic E-state index is 12.1. The normalized spacial score (nSPS) is 25.9. The van der Waals surface area contributed by atoms with Crippen LogP contribution in [0.1, 0.15) is 59.3 Å². The van der Waals surface area contributed by atoms with Crippen LogP contribution in [0.3, 0.4) is 0 Å². The molecule has 0 radical (unpaired) electrons. The standard InChI is InChI=1S/C16H29NO3/c1-4-12-9-13(14(10-12)16(19)20)15(18)17-8-6-5-7-11(2)3/h11-14H,4-10H2,1-3H3,(H,17,18)(H,19,20). The van der Waals surface area contributed by atoms with Crippen molar-refractivity contribution in [1.29, 1.82) is 0 Å². The lowest BCUT2D eigenvalue weighted by atomic mass is 9.95. The maximum absolute atomic E-state index is 12.1. The van der Waals surface area contributed by atoms with E-state index < -0.39 is 11.9 Å². The molecule has 0 aliphatic heterocycles. The van der Waals surface area contributed by atoms with Crippen LogP contribution in [0.5, 0.6) is 0 Å². The molecular formula is C16H29NO3. The summed E-state index contributed by atoms with van der Waals surface area (Å²) >= 11 is 0. The number of aliphatic carboxylic acids is 1. The monoisotopic (exact) mass is 283 g/mol. The van der Waals surface area contributed by atoms with Gasteiger partial charge in [-0.3, -0.25) is 9.59 Å². The van der Waals surface area contributed by atoms with Gasteiger partial charge in [0.05, 0.1) is 11.8 Å². The number of hydrogen-bond acceptors (Lipinski definition) is 2. The summed E-state index contributed by atoms with van der Waals surface area (Å²) < 4.78 is 0. The van der Waals surface area contributed by atoms with Crippen molar-refractivity contribution in [3.8, 4) is 0 Å². The summed E-state index contributed by atoms with van der Waals surface area (Å²) in [6, 6.07) is 0. The number of amides is 1. The summed E-state index contributed by atoms with van der Waals surface area (Å²) in [4.78, 5) is 23.4. The van der Waals surface area contributed by atoms with E-state index in [1.54, 1.807) is 0 Å². The van der Waals surface area contributed by atoms with Crippen LogP contribution < -0.4 is 5.32 Å². The molecule has 4 nitrogen and oxygen atoms in total. The van der Waals surface area contributed by atoms with Crippen molar-refractivity contribution in [2.45, 2.75) is 59.3 Å². The van der Waals surface area contributed by atoms with E-state index in [4.69, 9.17) is 0 Å². The highest BCUT2D eigenvalue weighted by molar-refractivity contribution is 5.85. The summed E-state index contributed by atoms with van der Waals surface area (Å²) in [6.07, 6.45) is 5.60. The topological polar surface area (TPSA) is 66.4 Å². The molecule has 3 unspecified atom stereocenters. The lowest BCUT2D eigenvalue weighted by molar-refractivity contribution is -0.146. The van der Waals surface area contributed by atoms with Gasteiger partial charge in [-0.2, -0.15) is 0 Å². The van der Waals surface area contributed by atoms with Crippen LogP contribution >= 0.6 is 0 Å². The largest absolute Gasteiger partial charge is 0.481 e. The first kappa shape index (κ1) is 17.0. The predicted molar refractivity (Wildman–Crippen MR) is 79.3 cm³/mol. The Morgan fingerprint density at radius 1 is 1.20 bits per heavy atom. The second kappa shape index (κ2) is 8.28. The zero-order valence-electron chi connectivity index (χ0n) is 13.0. The highest BCUT2D eigenvalue weighted by atomic mass is 16.4. The molecule has 1 amide bonds. The second-order valence-corrected chi connectivity index (χ2v) is 6.48. The Labute approximate surface area is 122 Å². The first-order chi connectivity index (χ1) is 9.45. The van der Waals surface area contributed by atoms with Crippen LogP contribution in [0, 0.1) is 23.7 Å². The van der Waals surface area contributed by atoms with E-state index in [0.29, 0.717) is 24.8 Å². The lowest BCUT2D eigenvalue weighted by Crippen LogP contribution is -2.35. The Hall–Kier alpha value is -1.06. The number of carbonyl (C=O) groups is 2. The van der Waals surface area contributed by atoms with Crippen molar-refractivity contribution < 1.29 is 14.7 Å². The van der Waals surface area contributed by atoms with Crippen molar-refractivity contribution >= 4 is 11.9 Å². The molecule has 0 aromatic heterocycles. The molecule has 1 saturated carbocycles. The molecule has 0 saturated heterocycles. The summed E-state index contributed by atoms with van der Waals surface area (Å²) in [5, 5.41) is 12.2. The summed E-state index contributed by atoms with van der Waals surface area (Å²) in [5.41, 5.74) is 0. The zero-order valence-corrected chi connectivity index (χ0v) is 13.0. The van der Waals surface area contributed by atoms with Gasteiger partial charge in [-0.1, -0.05) is 40.0 Å². The lowest BCUT2D eigenvalue weighted by Gasteiger charge is -2.15. The van der Waals surface area contributed by atoms with Crippen molar-refractivity contribution in [1.82, 2.24) is 5.32 Å². The van der Waals surface area contributed by atoms with Crippen LogP contribution in [0.2, 0.25) is 0 Å². The van der Waals surface area contributed by atoms with Gasteiger partial charge in [-0.15, -0.1) is 0 Å². The van der Waals surface area contributed by atoms with Crippen molar-refractivity contribution in [3.05, 3.63) is 0 Å². The summed E-state index contributed by atoms with van der Waals surface area (Å²) in [6.45, 7) is 7.12. The molecular weight excluding hydrogens is 254 g/mol. The Kier molecular flexibility index (Phi) is 7.03. The number of hydrogen-bond donors (Lipinski definition) is 2. The van der Waals surface area contributed by atoms with E-state index in [0.717, 1.165) is 25.7 Å². The van der Waals surface area contributed by atoms with Crippen molar-refractivity contribution in [3.63, 3.8) is 0 Å². The van der Waals surface area contributed by atoms with Gasteiger partial charge >= 0.3 is 5.97 Å². The SMILES string of the molecule is CCC1CC(C(=O)O)C(C(=O)NCCCCC(C)C)C1. The number of rotatable bonds is 8. The van der Waals surface area contributed by atoms with E-state index >= 15 is 0 Å². The third-order valence-corrected chi connectivity index (χ3v) is 4.40. The van der Waals surface area contributed by atoms with Gasteiger partial charge in [0.2, 0.25) is 5.91 Å². The van der Waals surface area contributed by atoms with Gasteiger partial charge in [0.1, 0.15) is 0 Å². The first-order valence-electron chi connectivity index (χ1n) is 7.96. The molecule has 0 aromatic carbocycles. The minimum absolute atomic E-state index is 0.0575. The molecule has 0 bridgehead atoms. The predicted octanol–water partition coefficient (Wildman–Crippen LogP) is 3.07. The fraction of sp³-hybridized carbons (Fsp3) is 0.875. The highest BCUT2D eigenvalue weighted by Gasteiger charge is 2.41. The quantitative estimate of drug-likeness (QED) is 0.673. The average Bonchev–Trinajstić information content (AvgIpc) is 2.82. The molecule has 0 aromatic rings. The van der Waals surface area contributed by atoms with E-state index in [1.807, 2.05) is 0 Å². The number of carboxylic acid groups (broad SMARTS) is 1. The van der Waals surface area contributed by atoms with Crippen LogP contribution in [-0.2, 0) is 9.59 Å². The summed E-state index contributed by atoms with van der Waals surface area (Å²) in [7, 11) is 0. The first-order valence-corrected chi connectivity index (χ1v) is 7.96. The fourth-order valence-electron chi connectivity index (χ4n) is 3.06. The maximum Gasteiger partial charge on any atom is 0.307 e. The Bertz CT molecular complexity index is 328. The molecule has 1 aliphatic rings. The van der Waals surface area contributed by atoms with Crippen LogP contribution in [0.25, 0.3) is 0 Å².